The maximum absolute atomic E-state index is 11.9. The summed E-state index contributed by atoms with van der Waals surface area (Å²) in [7, 11) is 0. The molecule has 0 unspecified atom stereocenters. The van der Waals surface area contributed by atoms with Gasteiger partial charge in [0, 0.05) is 6.54 Å². The highest BCUT2D eigenvalue weighted by atomic mass is 16.3. The maximum Gasteiger partial charge on any atom is 0.255 e. The number of fused-ring (bicyclic) bond motifs is 1. The molecule has 1 amide bonds. The number of carbonyl (C=O) groups excluding carboxylic acids is 1. The van der Waals surface area contributed by atoms with Gasteiger partial charge in [-0.15, -0.1) is 0 Å². The number of amides is 1. The number of aromatic hydroxyl groups is 1. The fourth-order valence-electron chi connectivity index (χ4n) is 1.80. The van der Waals surface area contributed by atoms with Gasteiger partial charge in [0.25, 0.3) is 5.91 Å². The van der Waals surface area contributed by atoms with Crippen LogP contribution in [0.15, 0.2) is 36.4 Å². The average Bonchev–Trinajstić information content (AvgIpc) is 2.35. The van der Waals surface area contributed by atoms with E-state index in [0.29, 0.717) is 18.0 Å². The van der Waals surface area contributed by atoms with Crippen molar-refractivity contribution in [2.24, 2.45) is 5.92 Å². The van der Waals surface area contributed by atoms with Crippen LogP contribution in [0, 0.1) is 5.92 Å². The van der Waals surface area contributed by atoms with E-state index in [-0.39, 0.29) is 11.7 Å². The zero-order chi connectivity index (χ0) is 13.1. The maximum atomic E-state index is 11.9. The molecule has 94 valence electrons. The molecule has 0 radical (unpaired) electrons. The molecule has 0 saturated heterocycles. The SMILES string of the molecule is CC(C)CNC(=O)c1cc2ccccc2cc1O. The van der Waals surface area contributed by atoms with Crippen LogP contribution in [0.1, 0.15) is 24.2 Å². The lowest BCUT2D eigenvalue weighted by atomic mass is 10.1. The third-order valence-corrected chi connectivity index (χ3v) is 2.78. The van der Waals surface area contributed by atoms with Gasteiger partial charge < -0.3 is 10.4 Å². The highest BCUT2D eigenvalue weighted by Gasteiger charge is 2.12. The van der Waals surface area contributed by atoms with Gasteiger partial charge in [0.2, 0.25) is 0 Å². The standard InChI is InChI=1S/C15H17NO2/c1-10(2)9-16-15(18)13-7-11-5-3-4-6-12(11)8-14(13)17/h3-8,10,17H,9H2,1-2H3,(H,16,18). The lowest BCUT2D eigenvalue weighted by molar-refractivity contribution is 0.0946. The highest BCUT2D eigenvalue weighted by molar-refractivity contribution is 6.01. The van der Waals surface area contributed by atoms with Gasteiger partial charge in [0.05, 0.1) is 5.56 Å². The summed E-state index contributed by atoms with van der Waals surface area (Å²) in [6, 6.07) is 11.0. The number of phenolic OH excluding ortho intramolecular Hbond substituents is 1. The minimum Gasteiger partial charge on any atom is -0.507 e. The van der Waals surface area contributed by atoms with E-state index in [1.807, 2.05) is 38.1 Å². The van der Waals surface area contributed by atoms with Crippen molar-refractivity contribution < 1.29 is 9.90 Å². The molecule has 2 aromatic carbocycles. The summed E-state index contributed by atoms with van der Waals surface area (Å²) >= 11 is 0. The van der Waals surface area contributed by atoms with E-state index in [1.165, 1.54) is 0 Å². The van der Waals surface area contributed by atoms with Crippen molar-refractivity contribution >= 4 is 16.7 Å². The molecule has 0 spiro atoms. The first-order valence-corrected chi connectivity index (χ1v) is 6.08. The fourth-order valence-corrected chi connectivity index (χ4v) is 1.80. The first kappa shape index (κ1) is 12.4. The molecule has 0 saturated carbocycles. The van der Waals surface area contributed by atoms with Crippen molar-refractivity contribution in [1.29, 1.82) is 0 Å². The van der Waals surface area contributed by atoms with Crippen LogP contribution in [0.25, 0.3) is 10.8 Å². The van der Waals surface area contributed by atoms with E-state index in [1.54, 1.807) is 12.1 Å². The molecule has 2 N–H and O–H groups in total. The second kappa shape index (κ2) is 5.08. The van der Waals surface area contributed by atoms with Crippen LogP contribution in [0.5, 0.6) is 5.75 Å². The van der Waals surface area contributed by atoms with Crippen LogP contribution in [0.3, 0.4) is 0 Å². The third-order valence-electron chi connectivity index (χ3n) is 2.78. The van der Waals surface area contributed by atoms with Crippen molar-refractivity contribution in [3.05, 3.63) is 42.0 Å². The monoisotopic (exact) mass is 243 g/mol. The van der Waals surface area contributed by atoms with Crippen LogP contribution in [-0.4, -0.2) is 17.6 Å². The van der Waals surface area contributed by atoms with E-state index in [0.717, 1.165) is 10.8 Å². The Balaban J connectivity index is 2.32. The van der Waals surface area contributed by atoms with E-state index < -0.39 is 0 Å². The summed E-state index contributed by atoms with van der Waals surface area (Å²) in [6.07, 6.45) is 0. The van der Waals surface area contributed by atoms with Crippen molar-refractivity contribution in [2.45, 2.75) is 13.8 Å². The zero-order valence-electron chi connectivity index (χ0n) is 10.6. The molecule has 2 rings (SSSR count). The summed E-state index contributed by atoms with van der Waals surface area (Å²) in [4.78, 5) is 11.9. The summed E-state index contributed by atoms with van der Waals surface area (Å²) in [5, 5.41) is 14.6. The molecule has 0 heterocycles. The van der Waals surface area contributed by atoms with E-state index >= 15 is 0 Å². The van der Waals surface area contributed by atoms with Crippen molar-refractivity contribution in [3.63, 3.8) is 0 Å². The second-order valence-electron chi connectivity index (χ2n) is 4.82. The molecule has 2 aromatic rings. The van der Waals surface area contributed by atoms with Gasteiger partial charge in [-0.3, -0.25) is 4.79 Å². The summed E-state index contributed by atoms with van der Waals surface area (Å²) in [5.74, 6) is 0.179. The molecule has 0 aliphatic heterocycles. The molecule has 0 fully saturated rings. The molecule has 18 heavy (non-hydrogen) atoms. The molecular formula is C15H17NO2. The number of rotatable bonds is 3. The minimum atomic E-state index is -0.230. The topological polar surface area (TPSA) is 49.3 Å². The van der Waals surface area contributed by atoms with Crippen LogP contribution in [0.2, 0.25) is 0 Å². The largest absolute Gasteiger partial charge is 0.507 e. The summed E-state index contributed by atoms with van der Waals surface area (Å²) < 4.78 is 0. The van der Waals surface area contributed by atoms with Crippen molar-refractivity contribution in [2.75, 3.05) is 6.54 Å². The van der Waals surface area contributed by atoms with Crippen LogP contribution >= 0.6 is 0 Å². The lowest BCUT2D eigenvalue weighted by Gasteiger charge is -2.10. The van der Waals surface area contributed by atoms with E-state index in [2.05, 4.69) is 5.32 Å². The van der Waals surface area contributed by atoms with Crippen molar-refractivity contribution in [3.8, 4) is 5.75 Å². The first-order valence-electron chi connectivity index (χ1n) is 6.08. The Morgan fingerprint density at radius 3 is 2.44 bits per heavy atom. The molecular weight excluding hydrogens is 226 g/mol. The quantitative estimate of drug-likeness (QED) is 0.870. The van der Waals surface area contributed by atoms with Crippen LogP contribution in [-0.2, 0) is 0 Å². The average molecular weight is 243 g/mol. The normalized spacial score (nSPS) is 10.8. The van der Waals surface area contributed by atoms with Gasteiger partial charge in [-0.2, -0.15) is 0 Å². The van der Waals surface area contributed by atoms with Crippen LogP contribution < -0.4 is 5.32 Å². The molecule has 3 nitrogen and oxygen atoms in total. The molecule has 0 aliphatic rings. The van der Waals surface area contributed by atoms with Gasteiger partial charge in [-0.05, 0) is 28.8 Å². The molecule has 0 atom stereocenters. The fraction of sp³-hybridized carbons (Fsp3) is 0.267. The number of phenols is 1. The van der Waals surface area contributed by atoms with Gasteiger partial charge in [-0.1, -0.05) is 38.1 Å². The zero-order valence-corrected chi connectivity index (χ0v) is 10.6. The van der Waals surface area contributed by atoms with Gasteiger partial charge >= 0.3 is 0 Å². The Bertz CT molecular complexity index is 576. The molecule has 0 bridgehead atoms. The van der Waals surface area contributed by atoms with Gasteiger partial charge in [-0.25, -0.2) is 0 Å². The smallest absolute Gasteiger partial charge is 0.255 e. The number of hydrogen-bond acceptors (Lipinski definition) is 2. The Kier molecular flexibility index (Phi) is 3.51. The first-order chi connectivity index (χ1) is 8.58. The predicted octanol–water partition coefficient (Wildman–Crippen LogP) is 2.93. The molecule has 3 heteroatoms. The number of benzene rings is 2. The summed E-state index contributed by atoms with van der Waals surface area (Å²) in [6.45, 7) is 4.66. The summed E-state index contributed by atoms with van der Waals surface area (Å²) in [5.41, 5.74) is 0.328. The minimum absolute atomic E-state index is 0.0231. The predicted molar refractivity (Wildman–Crippen MR) is 72.8 cm³/mol. The molecule has 0 aliphatic carbocycles. The van der Waals surface area contributed by atoms with E-state index in [9.17, 15) is 9.90 Å². The van der Waals surface area contributed by atoms with Gasteiger partial charge in [0.15, 0.2) is 0 Å². The number of hydrogen-bond donors (Lipinski definition) is 2. The lowest BCUT2D eigenvalue weighted by Crippen LogP contribution is -2.27. The third kappa shape index (κ3) is 2.62. The Hall–Kier alpha value is -2.03. The number of nitrogens with one attached hydrogen (secondary N) is 1. The highest BCUT2D eigenvalue weighted by Crippen LogP contribution is 2.24. The van der Waals surface area contributed by atoms with Gasteiger partial charge in [0.1, 0.15) is 5.75 Å². The second-order valence-corrected chi connectivity index (χ2v) is 4.82. The molecule has 0 aromatic heterocycles. The Labute approximate surface area is 106 Å². The Morgan fingerprint density at radius 2 is 1.83 bits per heavy atom. The number of carbonyl (C=O) groups is 1. The van der Waals surface area contributed by atoms with E-state index in [4.69, 9.17) is 0 Å². The van der Waals surface area contributed by atoms with Crippen molar-refractivity contribution in [1.82, 2.24) is 5.32 Å². The van der Waals surface area contributed by atoms with Crippen LogP contribution in [0.4, 0.5) is 0 Å². The Morgan fingerprint density at radius 1 is 1.22 bits per heavy atom.